The van der Waals surface area contributed by atoms with Gasteiger partial charge in [-0.2, -0.15) is 13.5 Å². The minimum Gasteiger partial charge on any atom is -0.449 e. The molecule has 12 heteroatoms. The summed E-state index contributed by atoms with van der Waals surface area (Å²) in [6.45, 7) is 1.54. The maximum Gasteiger partial charge on any atom is 0.422 e. The molecule has 0 aliphatic heterocycles. The number of amides is 1. The van der Waals surface area contributed by atoms with Crippen molar-refractivity contribution in [2.24, 2.45) is 17.9 Å². The molecule has 0 unspecified atom stereocenters. The smallest absolute Gasteiger partial charge is 0.422 e. The number of oxime groups is 1. The van der Waals surface area contributed by atoms with Gasteiger partial charge in [-0.3, -0.25) is 4.68 Å². The Bertz CT molecular complexity index is 621. The van der Waals surface area contributed by atoms with Crippen molar-refractivity contribution in [3.05, 3.63) is 11.8 Å². The molecular formula is C8H14N6O5S. The second kappa shape index (κ2) is 6.10. The van der Waals surface area contributed by atoms with Crippen molar-refractivity contribution in [3.8, 4) is 0 Å². The summed E-state index contributed by atoms with van der Waals surface area (Å²) >= 11 is 0. The summed E-state index contributed by atoms with van der Waals surface area (Å²) in [5, 5.41) is 15.1. The average molecular weight is 306 g/mol. The van der Waals surface area contributed by atoms with Gasteiger partial charge in [-0.05, 0) is 6.92 Å². The molecule has 11 nitrogen and oxygen atoms in total. The van der Waals surface area contributed by atoms with E-state index in [1.807, 2.05) is 4.72 Å². The van der Waals surface area contributed by atoms with Crippen LogP contribution >= 0.6 is 0 Å². The number of nitrogens with zero attached hydrogens (tertiary/aromatic N) is 3. The van der Waals surface area contributed by atoms with Gasteiger partial charge in [0.2, 0.25) is 0 Å². The second-order valence-corrected chi connectivity index (χ2v) is 4.86. The van der Waals surface area contributed by atoms with E-state index >= 15 is 0 Å². The van der Waals surface area contributed by atoms with Crippen LogP contribution in [0.5, 0.6) is 0 Å². The minimum atomic E-state index is -4.24. The van der Waals surface area contributed by atoms with E-state index in [0.717, 1.165) is 4.68 Å². The Labute approximate surface area is 114 Å². The molecule has 1 heterocycles. The third-order valence-electron chi connectivity index (χ3n) is 2.05. The normalized spacial score (nSPS) is 12.0. The van der Waals surface area contributed by atoms with E-state index in [2.05, 4.69) is 15.0 Å². The molecule has 20 heavy (non-hydrogen) atoms. The molecule has 0 aliphatic carbocycles. The SMILES string of the molecule is CCOC(=O)NS(=O)(=O)Nc1c(C(N)=NO)cnn1C. The first-order chi connectivity index (χ1) is 9.30. The molecule has 1 aromatic rings. The van der Waals surface area contributed by atoms with Crippen molar-refractivity contribution in [2.45, 2.75) is 6.92 Å². The molecule has 112 valence electrons. The number of hydrogen-bond donors (Lipinski definition) is 4. The Morgan fingerprint density at radius 2 is 2.30 bits per heavy atom. The van der Waals surface area contributed by atoms with Gasteiger partial charge in [-0.25, -0.2) is 14.2 Å². The van der Waals surface area contributed by atoms with Gasteiger partial charge in [0.05, 0.1) is 18.4 Å². The van der Waals surface area contributed by atoms with Gasteiger partial charge in [-0.1, -0.05) is 5.16 Å². The van der Waals surface area contributed by atoms with E-state index in [1.165, 1.54) is 20.2 Å². The number of hydrogen-bond acceptors (Lipinski definition) is 7. The van der Waals surface area contributed by atoms with Crippen molar-refractivity contribution in [3.63, 3.8) is 0 Å². The number of ether oxygens (including phenoxy) is 1. The lowest BCUT2D eigenvalue weighted by Gasteiger charge is -2.10. The van der Waals surface area contributed by atoms with E-state index in [4.69, 9.17) is 10.9 Å². The Hall–Kier alpha value is -2.50. The van der Waals surface area contributed by atoms with Gasteiger partial charge in [0, 0.05) is 7.05 Å². The molecular weight excluding hydrogens is 292 g/mol. The monoisotopic (exact) mass is 306 g/mol. The first kappa shape index (κ1) is 15.6. The molecule has 0 spiro atoms. The van der Waals surface area contributed by atoms with Crippen molar-refractivity contribution in [2.75, 3.05) is 11.3 Å². The van der Waals surface area contributed by atoms with Gasteiger partial charge in [-0.15, -0.1) is 0 Å². The first-order valence-corrected chi connectivity index (χ1v) is 6.76. The molecule has 0 atom stereocenters. The largest absolute Gasteiger partial charge is 0.449 e. The molecule has 0 aliphatic rings. The predicted molar refractivity (Wildman–Crippen MR) is 68.4 cm³/mol. The highest BCUT2D eigenvalue weighted by Crippen LogP contribution is 2.14. The molecule has 5 N–H and O–H groups in total. The van der Waals surface area contributed by atoms with Crippen LogP contribution in [0, 0.1) is 0 Å². The standard InChI is InChI=1S/C8H14N6O5S/c1-3-19-8(15)13-20(17,18)12-7-5(6(9)11-16)4-10-14(7)2/h4,12,16H,3H2,1-2H3,(H2,9,11)(H,13,15). The molecule has 0 saturated carbocycles. The topological polar surface area (TPSA) is 161 Å². The van der Waals surface area contributed by atoms with Crippen LogP contribution in [0.1, 0.15) is 12.5 Å². The van der Waals surface area contributed by atoms with Gasteiger partial charge in [0.15, 0.2) is 5.84 Å². The third kappa shape index (κ3) is 3.74. The zero-order chi connectivity index (χ0) is 15.3. The van der Waals surface area contributed by atoms with E-state index in [9.17, 15) is 13.2 Å². The fraction of sp³-hybridized carbons (Fsp3) is 0.375. The predicted octanol–water partition coefficient (Wildman–Crippen LogP) is -1.08. The number of nitrogens with two attached hydrogens (primary N) is 1. The fourth-order valence-corrected chi connectivity index (χ4v) is 2.05. The number of nitrogens with one attached hydrogen (secondary N) is 2. The van der Waals surface area contributed by atoms with E-state index in [-0.39, 0.29) is 23.8 Å². The maximum absolute atomic E-state index is 11.7. The van der Waals surface area contributed by atoms with Crippen molar-refractivity contribution in [1.29, 1.82) is 0 Å². The van der Waals surface area contributed by atoms with Crippen LogP contribution in [0.15, 0.2) is 11.4 Å². The summed E-state index contributed by atoms with van der Waals surface area (Å²) in [5.41, 5.74) is 5.42. The van der Waals surface area contributed by atoms with Crippen molar-refractivity contribution >= 4 is 28.0 Å². The van der Waals surface area contributed by atoms with E-state index in [0.29, 0.717) is 0 Å². The Morgan fingerprint density at radius 1 is 1.65 bits per heavy atom. The number of carbonyl (C=O) groups is 1. The fourth-order valence-electron chi connectivity index (χ4n) is 1.22. The van der Waals surface area contributed by atoms with Crippen molar-refractivity contribution in [1.82, 2.24) is 14.5 Å². The Kier molecular flexibility index (Phi) is 4.74. The number of aromatic nitrogens is 2. The number of aryl methyl sites for hydroxylation is 1. The molecule has 0 saturated heterocycles. The van der Waals surface area contributed by atoms with Crippen LogP contribution in [-0.4, -0.2) is 41.9 Å². The highest BCUT2D eigenvalue weighted by Gasteiger charge is 2.21. The molecule has 1 aromatic heterocycles. The lowest BCUT2D eigenvalue weighted by molar-refractivity contribution is 0.159. The van der Waals surface area contributed by atoms with Gasteiger partial charge < -0.3 is 15.7 Å². The van der Waals surface area contributed by atoms with Crippen LogP contribution < -0.4 is 15.2 Å². The maximum atomic E-state index is 11.7. The first-order valence-electron chi connectivity index (χ1n) is 5.28. The van der Waals surface area contributed by atoms with Crippen molar-refractivity contribution < 1.29 is 23.2 Å². The Morgan fingerprint density at radius 3 is 2.85 bits per heavy atom. The summed E-state index contributed by atoms with van der Waals surface area (Å²) in [6, 6.07) is 0. The average Bonchev–Trinajstić information content (AvgIpc) is 2.69. The number of anilines is 1. The van der Waals surface area contributed by atoms with Gasteiger partial charge in [0.25, 0.3) is 0 Å². The van der Waals surface area contributed by atoms with Gasteiger partial charge >= 0.3 is 16.3 Å². The molecule has 0 radical (unpaired) electrons. The minimum absolute atomic E-state index is 0.0163. The summed E-state index contributed by atoms with van der Waals surface area (Å²) in [7, 11) is -2.81. The van der Waals surface area contributed by atoms with Crippen LogP contribution in [0.3, 0.4) is 0 Å². The summed E-state index contributed by atoms with van der Waals surface area (Å²) in [5.74, 6) is -0.427. The molecule has 1 rings (SSSR count). The highest BCUT2D eigenvalue weighted by molar-refractivity contribution is 7.91. The van der Waals surface area contributed by atoms with Gasteiger partial charge in [0.1, 0.15) is 5.82 Å². The summed E-state index contributed by atoms with van der Waals surface area (Å²) in [6.07, 6.45) is 0.0598. The zero-order valence-corrected chi connectivity index (χ0v) is 11.5. The van der Waals surface area contributed by atoms with Crippen LogP contribution in [0.4, 0.5) is 10.6 Å². The number of rotatable bonds is 5. The molecule has 0 bridgehead atoms. The van der Waals surface area contributed by atoms with Crippen LogP contribution in [0.25, 0.3) is 0 Å². The molecule has 0 fully saturated rings. The number of carbonyl (C=O) groups excluding carboxylic acids is 1. The summed E-state index contributed by atoms with van der Waals surface area (Å²) < 4.78 is 32.6. The lowest BCUT2D eigenvalue weighted by atomic mass is 10.3. The quantitative estimate of drug-likeness (QED) is 0.233. The van der Waals surface area contributed by atoms with Crippen LogP contribution in [0.2, 0.25) is 0 Å². The third-order valence-corrected chi connectivity index (χ3v) is 2.94. The van der Waals surface area contributed by atoms with Crippen LogP contribution in [-0.2, 0) is 22.0 Å². The number of amidine groups is 1. The summed E-state index contributed by atoms with van der Waals surface area (Å²) in [4.78, 5) is 11.1. The highest BCUT2D eigenvalue weighted by atomic mass is 32.2. The van der Waals surface area contributed by atoms with E-state index in [1.54, 1.807) is 4.72 Å². The lowest BCUT2D eigenvalue weighted by Crippen LogP contribution is -2.36. The van der Waals surface area contributed by atoms with E-state index < -0.39 is 16.3 Å². The molecule has 1 amide bonds. The Balaban J connectivity index is 2.98. The molecule has 0 aromatic carbocycles. The zero-order valence-electron chi connectivity index (χ0n) is 10.7. The second-order valence-electron chi connectivity index (χ2n) is 3.44.